The monoisotopic (exact) mass is 146 g/mol. The van der Waals surface area contributed by atoms with E-state index in [2.05, 4.69) is 11.3 Å². The van der Waals surface area contributed by atoms with Gasteiger partial charge < -0.3 is 4.74 Å². The van der Waals surface area contributed by atoms with Crippen LogP contribution in [0.3, 0.4) is 0 Å². The van der Waals surface area contributed by atoms with Crippen molar-refractivity contribution in [3.8, 4) is 0 Å². The lowest BCUT2D eigenvalue weighted by Crippen LogP contribution is -2.07. The maximum Gasteiger partial charge on any atom is 0.123 e. The number of rotatable bonds is 6. The first kappa shape index (κ1) is 9.63. The number of ether oxygens (including phenoxy) is 1. The summed E-state index contributed by atoms with van der Waals surface area (Å²) in [5, 5.41) is 0. The van der Waals surface area contributed by atoms with Crippen molar-refractivity contribution in [1.82, 2.24) is 0 Å². The molecular formula is C8H15FO. The Bertz CT molecular complexity index is 83.3. The minimum Gasteiger partial charge on any atom is -0.382 e. The van der Waals surface area contributed by atoms with Crippen LogP contribution in [0.25, 0.3) is 0 Å². The number of allylic oxidation sites excluding steroid dienone is 1. The molecule has 0 aromatic heterocycles. The smallest absolute Gasteiger partial charge is 0.123 e. The second-order valence-electron chi connectivity index (χ2n) is 2.27. The molecule has 1 nitrogen and oxygen atoms in total. The minimum atomic E-state index is -0.801. The van der Waals surface area contributed by atoms with Gasteiger partial charge in [-0.15, -0.1) is 6.58 Å². The van der Waals surface area contributed by atoms with Gasteiger partial charge in [0.25, 0.3) is 0 Å². The van der Waals surface area contributed by atoms with Gasteiger partial charge in [0, 0.05) is 7.11 Å². The zero-order valence-corrected chi connectivity index (χ0v) is 6.48. The third-order valence-electron chi connectivity index (χ3n) is 1.27. The van der Waals surface area contributed by atoms with Gasteiger partial charge in [-0.1, -0.05) is 6.08 Å². The first-order valence-electron chi connectivity index (χ1n) is 3.55. The quantitative estimate of drug-likeness (QED) is 0.413. The fraction of sp³-hybridized carbons (Fsp3) is 0.750. The van der Waals surface area contributed by atoms with Crippen LogP contribution < -0.4 is 0 Å². The molecule has 0 aliphatic carbocycles. The van der Waals surface area contributed by atoms with Crippen molar-refractivity contribution >= 4 is 0 Å². The molecule has 0 aliphatic heterocycles. The Morgan fingerprint density at radius 1 is 1.70 bits per heavy atom. The Balaban J connectivity index is 3.04. The standard InChI is InChI=1S/C8H15FO/c1-3-4-5-6-8(9)7-10-2/h3,8H,1,4-7H2,2H3. The van der Waals surface area contributed by atoms with Crippen molar-refractivity contribution in [3.63, 3.8) is 0 Å². The SMILES string of the molecule is C=CCCCC(F)COC. The van der Waals surface area contributed by atoms with Crippen LogP contribution in [0.1, 0.15) is 19.3 Å². The van der Waals surface area contributed by atoms with E-state index in [1.54, 1.807) is 6.08 Å². The maximum absolute atomic E-state index is 12.6. The average Bonchev–Trinajstić information content (AvgIpc) is 1.89. The Labute approximate surface area is 61.9 Å². The maximum atomic E-state index is 12.6. The lowest BCUT2D eigenvalue weighted by molar-refractivity contribution is 0.118. The van der Waals surface area contributed by atoms with Gasteiger partial charge in [-0.2, -0.15) is 0 Å². The molecule has 10 heavy (non-hydrogen) atoms. The lowest BCUT2D eigenvalue weighted by atomic mass is 10.2. The lowest BCUT2D eigenvalue weighted by Gasteiger charge is -2.04. The van der Waals surface area contributed by atoms with Crippen LogP contribution in [0.2, 0.25) is 0 Å². The van der Waals surface area contributed by atoms with Gasteiger partial charge >= 0.3 is 0 Å². The molecule has 0 aromatic rings. The Kier molecular flexibility index (Phi) is 6.50. The molecule has 0 N–H and O–H groups in total. The molecule has 0 aromatic carbocycles. The Hall–Kier alpha value is -0.370. The second kappa shape index (κ2) is 6.75. The summed E-state index contributed by atoms with van der Waals surface area (Å²) in [6.07, 6.45) is 3.35. The molecule has 0 bridgehead atoms. The van der Waals surface area contributed by atoms with E-state index in [1.165, 1.54) is 7.11 Å². The highest BCUT2D eigenvalue weighted by molar-refractivity contribution is 4.67. The zero-order valence-electron chi connectivity index (χ0n) is 6.48. The van der Waals surface area contributed by atoms with Crippen LogP contribution in [-0.2, 0) is 4.74 Å². The normalized spacial score (nSPS) is 13.0. The number of hydrogen-bond donors (Lipinski definition) is 0. The van der Waals surface area contributed by atoms with Crippen molar-refractivity contribution in [3.05, 3.63) is 12.7 Å². The molecule has 0 spiro atoms. The second-order valence-corrected chi connectivity index (χ2v) is 2.27. The van der Waals surface area contributed by atoms with Gasteiger partial charge in [-0.25, -0.2) is 4.39 Å². The predicted molar refractivity (Wildman–Crippen MR) is 40.8 cm³/mol. The summed E-state index contributed by atoms with van der Waals surface area (Å²) in [5.41, 5.74) is 0. The van der Waals surface area contributed by atoms with E-state index in [-0.39, 0.29) is 6.61 Å². The van der Waals surface area contributed by atoms with Crippen LogP contribution in [0.5, 0.6) is 0 Å². The Morgan fingerprint density at radius 2 is 2.40 bits per heavy atom. The first-order chi connectivity index (χ1) is 4.81. The molecule has 1 atom stereocenters. The summed E-state index contributed by atoms with van der Waals surface area (Å²) in [7, 11) is 1.51. The van der Waals surface area contributed by atoms with Gasteiger partial charge in [0.1, 0.15) is 6.17 Å². The summed E-state index contributed by atoms with van der Waals surface area (Å²) >= 11 is 0. The molecule has 0 saturated heterocycles. The summed E-state index contributed by atoms with van der Waals surface area (Å²) in [5.74, 6) is 0. The van der Waals surface area contributed by atoms with Crippen LogP contribution in [0.4, 0.5) is 4.39 Å². The van der Waals surface area contributed by atoms with E-state index in [0.717, 1.165) is 12.8 Å². The molecule has 0 rings (SSSR count). The van der Waals surface area contributed by atoms with Gasteiger partial charge in [-0.05, 0) is 19.3 Å². The fourth-order valence-electron chi connectivity index (χ4n) is 0.748. The minimum absolute atomic E-state index is 0.219. The summed E-state index contributed by atoms with van der Waals surface area (Å²) in [6.45, 7) is 3.77. The molecule has 0 fully saturated rings. The highest BCUT2D eigenvalue weighted by Gasteiger charge is 2.03. The number of unbranched alkanes of at least 4 members (excludes halogenated alkanes) is 1. The predicted octanol–water partition coefficient (Wildman–Crippen LogP) is 2.33. The van der Waals surface area contributed by atoms with Crippen molar-refractivity contribution in [2.45, 2.75) is 25.4 Å². The Morgan fingerprint density at radius 3 is 2.90 bits per heavy atom. The summed E-state index contributed by atoms with van der Waals surface area (Å²) in [6, 6.07) is 0. The van der Waals surface area contributed by atoms with Gasteiger partial charge in [-0.3, -0.25) is 0 Å². The van der Waals surface area contributed by atoms with Crippen LogP contribution in [-0.4, -0.2) is 19.9 Å². The molecule has 0 radical (unpaired) electrons. The van der Waals surface area contributed by atoms with E-state index in [0.29, 0.717) is 6.42 Å². The number of halogens is 1. The third-order valence-corrected chi connectivity index (χ3v) is 1.27. The molecule has 1 unspecified atom stereocenters. The molecular weight excluding hydrogens is 131 g/mol. The fourth-order valence-corrected chi connectivity index (χ4v) is 0.748. The number of methoxy groups -OCH3 is 1. The largest absolute Gasteiger partial charge is 0.382 e. The molecule has 0 amide bonds. The van der Waals surface area contributed by atoms with Crippen molar-refractivity contribution < 1.29 is 9.13 Å². The van der Waals surface area contributed by atoms with E-state index >= 15 is 0 Å². The number of hydrogen-bond acceptors (Lipinski definition) is 1. The van der Waals surface area contributed by atoms with E-state index < -0.39 is 6.17 Å². The van der Waals surface area contributed by atoms with Crippen LogP contribution in [0.15, 0.2) is 12.7 Å². The first-order valence-corrected chi connectivity index (χ1v) is 3.55. The molecule has 60 valence electrons. The highest BCUT2D eigenvalue weighted by Crippen LogP contribution is 2.04. The van der Waals surface area contributed by atoms with E-state index in [9.17, 15) is 4.39 Å². The summed E-state index contributed by atoms with van der Waals surface area (Å²) in [4.78, 5) is 0. The van der Waals surface area contributed by atoms with Gasteiger partial charge in [0.05, 0.1) is 6.61 Å². The average molecular weight is 146 g/mol. The summed E-state index contributed by atoms with van der Waals surface area (Å²) < 4.78 is 17.2. The van der Waals surface area contributed by atoms with Crippen molar-refractivity contribution in [2.75, 3.05) is 13.7 Å². The topological polar surface area (TPSA) is 9.23 Å². The van der Waals surface area contributed by atoms with Crippen LogP contribution in [0, 0.1) is 0 Å². The highest BCUT2D eigenvalue weighted by atomic mass is 19.1. The molecule has 0 heterocycles. The molecule has 0 aliphatic rings. The van der Waals surface area contributed by atoms with Gasteiger partial charge in [0.2, 0.25) is 0 Å². The van der Waals surface area contributed by atoms with E-state index in [1.807, 2.05) is 0 Å². The van der Waals surface area contributed by atoms with Gasteiger partial charge in [0.15, 0.2) is 0 Å². The molecule has 0 saturated carbocycles. The zero-order chi connectivity index (χ0) is 7.82. The molecule has 2 heteroatoms. The van der Waals surface area contributed by atoms with Crippen molar-refractivity contribution in [2.24, 2.45) is 0 Å². The van der Waals surface area contributed by atoms with E-state index in [4.69, 9.17) is 0 Å². The number of alkyl halides is 1. The third kappa shape index (κ3) is 5.76. The van der Waals surface area contributed by atoms with Crippen molar-refractivity contribution in [1.29, 1.82) is 0 Å². The van der Waals surface area contributed by atoms with Crippen LogP contribution >= 0.6 is 0 Å².